The van der Waals surface area contributed by atoms with E-state index in [1.54, 1.807) is 6.20 Å². The molecule has 0 saturated carbocycles. The van der Waals surface area contributed by atoms with Gasteiger partial charge >= 0.3 is 0 Å². The molecule has 174 valence electrons. The smallest absolute Gasteiger partial charge is 0.241 e. The summed E-state index contributed by atoms with van der Waals surface area (Å²) < 4.78 is 1.98. The van der Waals surface area contributed by atoms with Crippen LogP contribution in [-0.4, -0.2) is 50.3 Å². The zero-order chi connectivity index (χ0) is 24.0. The Kier molecular flexibility index (Phi) is 5.67. The first-order valence-electron chi connectivity index (χ1n) is 10.9. The number of amides is 1. The van der Waals surface area contributed by atoms with Gasteiger partial charge < -0.3 is 10.6 Å². The molecule has 2 aromatic heterocycles. The number of nitrogens with one attached hydrogen (secondary N) is 1. The lowest BCUT2D eigenvalue weighted by Gasteiger charge is -2.49. The molecule has 2 aromatic carbocycles. The van der Waals surface area contributed by atoms with Crippen molar-refractivity contribution in [1.82, 2.24) is 25.1 Å². The molecule has 0 atom stereocenters. The summed E-state index contributed by atoms with van der Waals surface area (Å²) in [5, 5.41) is 13.1. The van der Waals surface area contributed by atoms with Gasteiger partial charge in [-0.1, -0.05) is 35.3 Å². The SMILES string of the molecule is CC(C)NC1(C(N)=O)CN(c2nncc3c2nc(-c2ccccc2Cl)n3-c2ccc(Cl)cc2)C1. The maximum absolute atomic E-state index is 12.2. The number of halogens is 2. The first kappa shape index (κ1) is 22.6. The third-order valence-corrected chi connectivity index (χ3v) is 6.50. The van der Waals surface area contributed by atoms with E-state index in [2.05, 4.69) is 15.5 Å². The van der Waals surface area contributed by atoms with Crippen molar-refractivity contribution >= 4 is 46.0 Å². The van der Waals surface area contributed by atoms with E-state index >= 15 is 0 Å². The van der Waals surface area contributed by atoms with Crippen molar-refractivity contribution in [3.8, 4) is 17.1 Å². The molecule has 0 bridgehead atoms. The normalized spacial score (nSPS) is 15.0. The van der Waals surface area contributed by atoms with E-state index in [1.807, 2.05) is 71.8 Å². The molecule has 1 aliphatic heterocycles. The van der Waals surface area contributed by atoms with Crippen LogP contribution in [0.4, 0.5) is 5.82 Å². The molecule has 0 unspecified atom stereocenters. The van der Waals surface area contributed by atoms with Gasteiger partial charge in [0.25, 0.3) is 0 Å². The largest absolute Gasteiger partial charge is 0.368 e. The van der Waals surface area contributed by atoms with E-state index < -0.39 is 5.54 Å². The van der Waals surface area contributed by atoms with Crippen molar-refractivity contribution in [1.29, 1.82) is 0 Å². The summed E-state index contributed by atoms with van der Waals surface area (Å²) in [5.74, 6) is 0.850. The standard InChI is InChI=1S/C24H23Cl2N7O/c1-14(2)30-24(23(27)34)12-32(13-24)22-20-19(11-28-31-22)33(16-9-7-15(25)8-10-16)21(29-20)17-5-3-4-6-18(17)26/h3-11,14,30H,12-13H2,1-2H3,(H2,27,34). The Morgan fingerprint density at radius 2 is 1.82 bits per heavy atom. The van der Waals surface area contributed by atoms with Gasteiger partial charge in [-0.3, -0.25) is 14.7 Å². The average molecular weight is 496 g/mol. The van der Waals surface area contributed by atoms with Crippen molar-refractivity contribution in [2.75, 3.05) is 18.0 Å². The van der Waals surface area contributed by atoms with E-state index in [-0.39, 0.29) is 11.9 Å². The minimum atomic E-state index is -0.817. The predicted octanol–water partition coefficient (Wildman–Crippen LogP) is 3.83. The summed E-state index contributed by atoms with van der Waals surface area (Å²) in [7, 11) is 0. The van der Waals surface area contributed by atoms with E-state index in [4.69, 9.17) is 33.9 Å². The lowest BCUT2D eigenvalue weighted by Crippen LogP contribution is -2.76. The van der Waals surface area contributed by atoms with E-state index in [0.29, 0.717) is 40.3 Å². The second kappa shape index (κ2) is 8.54. The molecule has 1 aliphatic rings. The van der Waals surface area contributed by atoms with Crippen LogP contribution in [0.2, 0.25) is 10.0 Å². The number of benzene rings is 2. The number of carbonyl (C=O) groups excluding carboxylic acids is 1. The lowest BCUT2D eigenvalue weighted by molar-refractivity contribution is -0.125. The molecule has 1 amide bonds. The fourth-order valence-electron chi connectivity index (χ4n) is 4.42. The van der Waals surface area contributed by atoms with Gasteiger partial charge in [-0.25, -0.2) is 4.98 Å². The topological polar surface area (TPSA) is 102 Å². The van der Waals surface area contributed by atoms with Gasteiger partial charge in [0.15, 0.2) is 5.82 Å². The number of carbonyl (C=O) groups is 1. The number of nitrogens with zero attached hydrogens (tertiary/aromatic N) is 5. The van der Waals surface area contributed by atoms with Crippen molar-refractivity contribution in [3.63, 3.8) is 0 Å². The predicted molar refractivity (Wildman–Crippen MR) is 135 cm³/mol. The van der Waals surface area contributed by atoms with Crippen LogP contribution in [0.1, 0.15) is 13.8 Å². The Labute approximate surface area is 206 Å². The van der Waals surface area contributed by atoms with Crippen molar-refractivity contribution in [3.05, 3.63) is 64.8 Å². The summed E-state index contributed by atoms with van der Waals surface area (Å²) in [4.78, 5) is 19.2. The second-order valence-corrected chi connectivity index (χ2v) is 9.57. The maximum Gasteiger partial charge on any atom is 0.241 e. The number of rotatable bonds is 6. The minimum Gasteiger partial charge on any atom is -0.368 e. The molecule has 3 heterocycles. The molecule has 10 heteroatoms. The third kappa shape index (κ3) is 3.77. The van der Waals surface area contributed by atoms with Crippen molar-refractivity contribution in [2.24, 2.45) is 5.73 Å². The number of hydrogen-bond donors (Lipinski definition) is 2. The number of nitrogens with two attached hydrogens (primary N) is 1. The highest BCUT2D eigenvalue weighted by atomic mass is 35.5. The number of fused-ring (bicyclic) bond motifs is 1. The summed E-state index contributed by atoms with van der Waals surface area (Å²) in [6, 6.07) is 15.1. The van der Waals surface area contributed by atoms with Crippen LogP contribution in [0, 0.1) is 0 Å². The molecule has 1 saturated heterocycles. The van der Waals surface area contributed by atoms with Gasteiger partial charge in [-0.2, -0.15) is 5.10 Å². The number of anilines is 1. The molecule has 4 aromatic rings. The minimum absolute atomic E-state index is 0.104. The Morgan fingerprint density at radius 1 is 1.12 bits per heavy atom. The quantitative estimate of drug-likeness (QED) is 0.421. The fraction of sp³-hybridized carbons (Fsp3) is 0.250. The lowest BCUT2D eigenvalue weighted by atomic mass is 9.88. The van der Waals surface area contributed by atoms with Crippen LogP contribution < -0.4 is 16.0 Å². The molecule has 5 rings (SSSR count). The Balaban J connectivity index is 1.66. The maximum atomic E-state index is 12.2. The summed E-state index contributed by atoms with van der Waals surface area (Å²) >= 11 is 12.7. The van der Waals surface area contributed by atoms with Crippen LogP contribution in [-0.2, 0) is 4.79 Å². The molecule has 8 nitrogen and oxygen atoms in total. The number of primary amides is 1. The van der Waals surface area contributed by atoms with Gasteiger partial charge in [0.2, 0.25) is 5.91 Å². The molecule has 3 N–H and O–H groups in total. The zero-order valence-electron chi connectivity index (χ0n) is 18.7. The summed E-state index contributed by atoms with van der Waals surface area (Å²) in [6.07, 6.45) is 1.67. The van der Waals surface area contributed by atoms with E-state index in [0.717, 1.165) is 16.8 Å². The molecular formula is C24H23Cl2N7O. The van der Waals surface area contributed by atoms with E-state index in [9.17, 15) is 4.79 Å². The molecule has 1 fully saturated rings. The van der Waals surface area contributed by atoms with Crippen LogP contribution >= 0.6 is 23.2 Å². The van der Waals surface area contributed by atoms with E-state index in [1.165, 1.54) is 0 Å². The van der Waals surface area contributed by atoms with Crippen molar-refractivity contribution < 1.29 is 4.79 Å². The van der Waals surface area contributed by atoms with Gasteiger partial charge in [0, 0.05) is 35.4 Å². The first-order valence-corrected chi connectivity index (χ1v) is 11.6. The van der Waals surface area contributed by atoms with Crippen LogP contribution in [0.3, 0.4) is 0 Å². The van der Waals surface area contributed by atoms with Crippen LogP contribution in [0.15, 0.2) is 54.7 Å². The molecule has 0 spiro atoms. The fourth-order valence-corrected chi connectivity index (χ4v) is 4.76. The Hall–Kier alpha value is -3.20. The zero-order valence-corrected chi connectivity index (χ0v) is 20.2. The first-order chi connectivity index (χ1) is 16.3. The summed E-state index contributed by atoms with van der Waals surface area (Å²) in [6.45, 7) is 4.72. The van der Waals surface area contributed by atoms with Crippen molar-refractivity contribution in [2.45, 2.75) is 25.4 Å². The second-order valence-electron chi connectivity index (χ2n) is 8.73. The average Bonchev–Trinajstić information content (AvgIpc) is 3.16. The third-order valence-electron chi connectivity index (χ3n) is 5.91. The molecule has 0 aliphatic carbocycles. The highest BCUT2D eigenvalue weighted by Gasteiger charge is 2.49. The van der Waals surface area contributed by atoms with Gasteiger partial charge in [0.05, 0.1) is 16.7 Å². The molecule has 34 heavy (non-hydrogen) atoms. The molecule has 0 radical (unpaired) electrons. The Morgan fingerprint density at radius 3 is 2.47 bits per heavy atom. The van der Waals surface area contributed by atoms with Gasteiger partial charge in [-0.15, -0.1) is 5.10 Å². The number of imidazole rings is 1. The number of hydrogen-bond acceptors (Lipinski definition) is 6. The van der Waals surface area contributed by atoms with Gasteiger partial charge in [-0.05, 0) is 50.2 Å². The Bertz CT molecular complexity index is 1380. The van der Waals surface area contributed by atoms with Crippen LogP contribution in [0.5, 0.6) is 0 Å². The highest BCUT2D eigenvalue weighted by molar-refractivity contribution is 6.33. The molecular weight excluding hydrogens is 473 g/mol. The number of aromatic nitrogens is 4. The van der Waals surface area contributed by atoms with Crippen LogP contribution in [0.25, 0.3) is 28.1 Å². The summed E-state index contributed by atoms with van der Waals surface area (Å²) in [5.41, 5.74) is 7.97. The highest BCUT2D eigenvalue weighted by Crippen LogP contribution is 2.37. The van der Waals surface area contributed by atoms with Gasteiger partial charge in [0.1, 0.15) is 16.9 Å². The monoisotopic (exact) mass is 495 g/mol.